The number of hydrogen-bond acceptors (Lipinski definition) is 3. The third kappa shape index (κ3) is 1.87. The SMILES string of the molecule is O=C1NC(=O)c2c(C3CCNCC3)ccc3cccc1c23. The fraction of sp³-hybridized carbons (Fsp3) is 0.294. The quantitative estimate of drug-likeness (QED) is 0.787. The fourth-order valence-electron chi connectivity index (χ4n) is 3.54. The molecule has 0 atom stereocenters. The first kappa shape index (κ1) is 12.5. The van der Waals surface area contributed by atoms with Gasteiger partial charge in [-0.2, -0.15) is 0 Å². The maximum atomic E-state index is 12.4. The van der Waals surface area contributed by atoms with Gasteiger partial charge in [0.2, 0.25) is 0 Å². The van der Waals surface area contributed by atoms with Crippen LogP contribution in [-0.2, 0) is 0 Å². The van der Waals surface area contributed by atoms with Gasteiger partial charge in [-0.25, -0.2) is 0 Å². The number of carbonyl (C=O) groups is 2. The predicted molar refractivity (Wildman–Crippen MR) is 80.6 cm³/mol. The van der Waals surface area contributed by atoms with Crippen LogP contribution in [0.15, 0.2) is 30.3 Å². The zero-order valence-electron chi connectivity index (χ0n) is 11.6. The molecule has 0 radical (unpaired) electrons. The van der Waals surface area contributed by atoms with Gasteiger partial charge in [0, 0.05) is 10.9 Å². The summed E-state index contributed by atoms with van der Waals surface area (Å²) in [6.45, 7) is 1.95. The molecule has 2 amide bonds. The Kier molecular flexibility index (Phi) is 2.79. The zero-order valence-corrected chi connectivity index (χ0v) is 11.6. The number of carbonyl (C=O) groups excluding carboxylic acids is 2. The van der Waals surface area contributed by atoms with Crippen molar-refractivity contribution in [1.82, 2.24) is 10.6 Å². The molecule has 2 aliphatic heterocycles. The van der Waals surface area contributed by atoms with Crippen LogP contribution < -0.4 is 10.6 Å². The Hall–Kier alpha value is -2.20. The molecule has 0 saturated carbocycles. The van der Waals surface area contributed by atoms with Gasteiger partial charge in [-0.1, -0.05) is 24.3 Å². The van der Waals surface area contributed by atoms with Gasteiger partial charge >= 0.3 is 0 Å². The minimum atomic E-state index is -0.291. The molecule has 2 aliphatic rings. The van der Waals surface area contributed by atoms with E-state index in [1.54, 1.807) is 6.07 Å². The van der Waals surface area contributed by atoms with E-state index >= 15 is 0 Å². The topological polar surface area (TPSA) is 58.2 Å². The molecular formula is C17H16N2O2. The Morgan fingerprint density at radius 1 is 0.952 bits per heavy atom. The van der Waals surface area contributed by atoms with E-state index in [2.05, 4.69) is 16.7 Å². The van der Waals surface area contributed by atoms with Gasteiger partial charge in [-0.05, 0) is 48.9 Å². The summed E-state index contributed by atoms with van der Waals surface area (Å²) in [5.74, 6) is -0.156. The summed E-state index contributed by atoms with van der Waals surface area (Å²) < 4.78 is 0. The maximum absolute atomic E-state index is 12.4. The third-order valence-electron chi connectivity index (χ3n) is 4.56. The average Bonchev–Trinajstić information content (AvgIpc) is 2.53. The average molecular weight is 280 g/mol. The summed E-state index contributed by atoms with van der Waals surface area (Å²) in [7, 11) is 0. The van der Waals surface area contributed by atoms with E-state index in [1.807, 2.05) is 18.2 Å². The highest BCUT2D eigenvalue weighted by molar-refractivity contribution is 6.26. The lowest BCUT2D eigenvalue weighted by Gasteiger charge is -2.27. The summed E-state index contributed by atoms with van der Waals surface area (Å²) in [4.78, 5) is 24.4. The van der Waals surface area contributed by atoms with Crippen molar-refractivity contribution >= 4 is 22.6 Å². The summed E-state index contributed by atoms with van der Waals surface area (Å²) in [5, 5.41) is 7.61. The number of nitrogens with one attached hydrogen (secondary N) is 2. The Bertz CT molecular complexity index is 761. The van der Waals surface area contributed by atoms with Gasteiger partial charge in [0.15, 0.2) is 0 Å². The van der Waals surface area contributed by atoms with Gasteiger partial charge < -0.3 is 5.32 Å². The minimum Gasteiger partial charge on any atom is -0.317 e. The monoisotopic (exact) mass is 280 g/mol. The second-order valence-corrected chi connectivity index (χ2v) is 5.74. The lowest BCUT2D eigenvalue weighted by atomic mass is 9.82. The first-order valence-electron chi connectivity index (χ1n) is 7.38. The molecule has 0 aromatic heterocycles. The molecule has 0 aliphatic carbocycles. The highest BCUT2D eigenvalue weighted by Gasteiger charge is 2.30. The molecule has 106 valence electrons. The standard InChI is InChI=1S/C17H16N2O2/c20-16-13-3-1-2-11-4-5-12(10-6-8-18-9-7-10)15(14(11)13)17(21)19-16/h1-5,10,18H,6-9H2,(H,19,20,21). The van der Waals surface area contributed by atoms with Gasteiger partial charge in [-0.3, -0.25) is 14.9 Å². The van der Waals surface area contributed by atoms with Crippen LogP contribution in [0.25, 0.3) is 10.8 Å². The number of imide groups is 1. The largest absolute Gasteiger partial charge is 0.317 e. The molecule has 1 saturated heterocycles. The fourth-order valence-corrected chi connectivity index (χ4v) is 3.54. The molecule has 2 heterocycles. The Balaban J connectivity index is 2.00. The first-order chi connectivity index (χ1) is 10.3. The van der Waals surface area contributed by atoms with Crippen LogP contribution in [0.2, 0.25) is 0 Å². The smallest absolute Gasteiger partial charge is 0.259 e. The molecule has 0 spiro atoms. The van der Waals surface area contributed by atoms with E-state index in [0.717, 1.165) is 42.3 Å². The van der Waals surface area contributed by atoms with E-state index in [1.165, 1.54) is 0 Å². The predicted octanol–water partition coefficient (Wildman–Crippen LogP) is 2.19. The molecule has 1 fully saturated rings. The second-order valence-electron chi connectivity index (χ2n) is 5.74. The van der Waals surface area contributed by atoms with Crippen molar-refractivity contribution < 1.29 is 9.59 Å². The van der Waals surface area contributed by atoms with E-state index in [9.17, 15) is 9.59 Å². The van der Waals surface area contributed by atoms with Gasteiger partial charge in [0.25, 0.3) is 11.8 Å². The number of hydrogen-bond donors (Lipinski definition) is 2. The maximum Gasteiger partial charge on any atom is 0.259 e. The van der Waals surface area contributed by atoms with E-state index < -0.39 is 0 Å². The molecule has 2 N–H and O–H groups in total. The van der Waals surface area contributed by atoms with Gasteiger partial charge in [0.05, 0.1) is 5.56 Å². The van der Waals surface area contributed by atoms with Crippen LogP contribution in [0.5, 0.6) is 0 Å². The zero-order chi connectivity index (χ0) is 14.4. The molecule has 2 aromatic carbocycles. The molecular weight excluding hydrogens is 264 g/mol. The first-order valence-corrected chi connectivity index (χ1v) is 7.38. The molecule has 0 unspecified atom stereocenters. The van der Waals surface area contributed by atoms with Gasteiger partial charge in [0.1, 0.15) is 0 Å². The third-order valence-corrected chi connectivity index (χ3v) is 4.56. The van der Waals surface area contributed by atoms with Crippen LogP contribution >= 0.6 is 0 Å². The van der Waals surface area contributed by atoms with Crippen molar-refractivity contribution in [2.75, 3.05) is 13.1 Å². The highest BCUT2D eigenvalue weighted by atomic mass is 16.2. The molecule has 4 rings (SSSR count). The van der Waals surface area contributed by atoms with Crippen molar-refractivity contribution in [1.29, 1.82) is 0 Å². The van der Waals surface area contributed by atoms with Crippen molar-refractivity contribution in [2.45, 2.75) is 18.8 Å². The van der Waals surface area contributed by atoms with E-state index in [-0.39, 0.29) is 11.8 Å². The Morgan fingerprint density at radius 3 is 2.57 bits per heavy atom. The molecule has 0 bridgehead atoms. The molecule has 4 heteroatoms. The number of amides is 2. The van der Waals surface area contributed by atoms with Crippen molar-refractivity contribution in [2.24, 2.45) is 0 Å². The van der Waals surface area contributed by atoms with Crippen LogP contribution in [0.4, 0.5) is 0 Å². The number of piperidine rings is 1. The summed E-state index contributed by atoms with van der Waals surface area (Å²) in [5.41, 5.74) is 2.40. The number of rotatable bonds is 1. The van der Waals surface area contributed by atoms with Gasteiger partial charge in [-0.15, -0.1) is 0 Å². The van der Waals surface area contributed by atoms with Crippen LogP contribution in [0, 0.1) is 0 Å². The molecule has 4 nitrogen and oxygen atoms in total. The summed E-state index contributed by atoms with van der Waals surface area (Å²) in [6, 6.07) is 9.71. The highest BCUT2D eigenvalue weighted by Crippen LogP contribution is 2.35. The minimum absolute atomic E-state index is 0.252. The molecule has 2 aromatic rings. The summed E-state index contributed by atoms with van der Waals surface area (Å²) in [6.07, 6.45) is 2.06. The van der Waals surface area contributed by atoms with Crippen LogP contribution in [0.1, 0.15) is 45.0 Å². The normalized spacial score (nSPS) is 18.9. The Morgan fingerprint density at radius 2 is 1.76 bits per heavy atom. The summed E-state index contributed by atoms with van der Waals surface area (Å²) >= 11 is 0. The van der Waals surface area contributed by atoms with Crippen LogP contribution in [0.3, 0.4) is 0 Å². The van der Waals surface area contributed by atoms with Crippen molar-refractivity contribution in [3.8, 4) is 0 Å². The second kappa shape index (κ2) is 4.67. The van der Waals surface area contributed by atoms with Crippen molar-refractivity contribution in [3.63, 3.8) is 0 Å². The van der Waals surface area contributed by atoms with E-state index in [0.29, 0.717) is 17.0 Å². The van der Waals surface area contributed by atoms with E-state index in [4.69, 9.17) is 0 Å². The Labute approximate surface area is 122 Å². The lowest BCUT2D eigenvalue weighted by molar-refractivity contribution is 0.0844. The van der Waals surface area contributed by atoms with Crippen molar-refractivity contribution in [3.05, 3.63) is 47.0 Å². The number of benzene rings is 2. The lowest BCUT2D eigenvalue weighted by Crippen LogP contribution is -2.36. The molecule has 21 heavy (non-hydrogen) atoms. The van der Waals surface area contributed by atoms with Crippen LogP contribution in [-0.4, -0.2) is 24.9 Å².